The van der Waals surface area contributed by atoms with E-state index in [-0.39, 0.29) is 24.8 Å². The highest BCUT2D eigenvalue weighted by Crippen LogP contribution is 2.39. The van der Waals surface area contributed by atoms with E-state index in [2.05, 4.69) is 27.4 Å². The highest BCUT2D eigenvalue weighted by atomic mass is 19.1. The molecular formula is C30H36F2N6O3. The molecule has 0 aliphatic carbocycles. The number of hydrogen-bond acceptors (Lipinski definition) is 8. The van der Waals surface area contributed by atoms with Crippen molar-refractivity contribution >= 4 is 23.5 Å². The molecule has 3 aromatic rings. The largest absolute Gasteiger partial charge is 0.444 e. The summed E-state index contributed by atoms with van der Waals surface area (Å²) in [6, 6.07) is 5.73. The molecule has 0 radical (unpaired) electrons. The summed E-state index contributed by atoms with van der Waals surface area (Å²) < 4.78 is 33.5. The maximum absolute atomic E-state index is 13.9. The zero-order valence-electron chi connectivity index (χ0n) is 23.0. The first kappa shape index (κ1) is 29.7. The van der Waals surface area contributed by atoms with Crippen molar-refractivity contribution in [1.82, 2.24) is 10.3 Å². The van der Waals surface area contributed by atoms with Gasteiger partial charge >= 0.3 is 0 Å². The number of anilines is 2. The fraction of sp³-hybridized carbons (Fsp3) is 0.367. The van der Waals surface area contributed by atoms with Crippen LogP contribution in [0.5, 0.6) is 0 Å². The van der Waals surface area contributed by atoms with Crippen molar-refractivity contribution in [2.75, 3.05) is 29.9 Å². The third kappa shape index (κ3) is 7.69. The fourth-order valence-electron chi connectivity index (χ4n) is 4.96. The monoisotopic (exact) mass is 566 g/mol. The number of aliphatic hydroxyl groups is 1. The molecule has 2 unspecified atom stereocenters. The summed E-state index contributed by atoms with van der Waals surface area (Å²) >= 11 is 0. The van der Waals surface area contributed by atoms with Crippen molar-refractivity contribution in [1.29, 1.82) is 5.41 Å². The molecule has 4 rings (SSSR count). The van der Waals surface area contributed by atoms with E-state index in [9.17, 15) is 18.7 Å². The zero-order chi connectivity index (χ0) is 29.4. The van der Waals surface area contributed by atoms with E-state index in [1.54, 1.807) is 12.1 Å². The van der Waals surface area contributed by atoms with E-state index in [1.807, 2.05) is 0 Å². The number of hydrogen-bond donors (Lipinski definition) is 5. The molecule has 0 bridgehead atoms. The predicted octanol–water partition coefficient (Wildman–Crippen LogP) is 4.63. The van der Waals surface area contributed by atoms with E-state index in [4.69, 9.17) is 15.6 Å². The van der Waals surface area contributed by atoms with Crippen LogP contribution in [0, 0.1) is 17.0 Å². The molecule has 6 N–H and O–H groups in total. The molecule has 2 aromatic carbocycles. The second kappa shape index (κ2) is 13.9. The van der Waals surface area contributed by atoms with E-state index < -0.39 is 29.7 Å². The van der Waals surface area contributed by atoms with Crippen LogP contribution in [0.2, 0.25) is 0 Å². The van der Waals surface area contributed by atoms with Gasteiger partial charge in [0, 0.05) is 43.2 Å². The van der Waals surface area contributed by atoms with E-state index in [1.165, 1.54) is 30.7 Å². The van der Waals surface area contributed by atoms with Gasteiger partial charge in [0.15, 0.2) is 0 Å². The number of nitrogens with one attached hydrogen (secondary N) is 3. The Bertz CT molecular complexity index is 1360. The van der Waals surface area contributed by atoms with Crippen LogP contribution in [0.15, 0.2) is 59.0 Å². The summed E-state index contributed by atoms with van der Waals surface area (Å²) in [5.74, 6) is -1.60. The second-order valence-electron chi connectivity index (χ2n) is 10.1. The molecule has 9 nitrogen and oxygen atoms in total. The Labute approximate surface area is 238 Å². The highest BCUT2D eigenvalue weighted by Gasteiger charge is 2.27. The Morgan fingerprint density at radius 3 is 2.76 bits per heavy atom. The maximum Gasteiger partial charge on any atom is 0.251 e. The summed E-state index contributed by atoms with van der Waals surface area (Å²) in [7, 11) is 0. The van der Waals surface area contributed by atoms with Gasteiger partial charge in [-0.25, -0.2) is 13.8 Å². The van der Waals surface area contributed by atoms with Gasteiger partial charge in [0.1, 0.15) is 17.9 Å². The maximum atomic E-state index is 13.9. The summed E-state index contributed by atoms with van der Waals surface area (Å²) in [6.45, 7) is 4.43. The number of rotatable bonds is 13. The number of aromatic nitrogens is 1. The van der Waals surface area contributed by atoms with Crippen molar-refractivity contribution in [3.05, 3.63) is 77.3 Å². The lowest BCUT2D eigenvalue weighted by Crippen LogP contribution is -2.45. The van der Waals surface area contributed by atoms with Crippen LogP contribution in [-0.4, -0.2) is 54.0 Å². The number of carbonyl (C=O) groups is 1. The topological polar surface area (TPSA) is 140 Å². The molecule has 11 heteroatoms. The number of amides is 1. The number of halogens is 2. The third-order valence-corrected chi connectivity index (χ3v) is 7.03. The summed E-state index contributed by atoms with van der Waals surface area (Å²) in [6.07, 6.45) is 6.81. The Kier molecular flexibility index (Phi) is 10.1. The molecule has 218 valence electrons. The second-order valence-corrected chi connectivity index (χ2v) is 10.1. The van der Waals surface area contributed by atoms with Crippen LogP contribution in [0.25, 0.3) is 11.5 Å². The molecular weight excluding hydrogens is 530 g/mol. The lowest BCUT2D eigenvalue weighted by atomic mass is 9.96. The number of oxazole rings is 1. The van der Waals surface area contributed by atoms with Crippen LogP contribution in [0.1, 0.15) is 48.5 Å². The number of unbranched alkanes of at least 4 members (excludes halogenated alkanes) is 1. The summed E-state index contributed by atoms with van der Waals surface area (Å²) in [4.78, 5) is 20.2. The smallest absolute Gasteiger partial charge is 0.251 e. The van der Waals surface area contributed by atoms with E-state index in [0.717, 1.165) is 56.1 Å². The Hall–Kier alpha value is -4.25. The molecule has 1 aliphatic heterocycles. The minimum atomic E-state index is -1.09. The minimum absolute atomic E-state index is 0.0164. The van der Waals surface area contributed by atoms with Gasteiger partial charge in [0.2, 0.25) is 5.89 Å². The molecule has 0 saturated heterocycles. The van der Waals surface area contributed by atoms with Gasteiger partial charge in [-0.15, -0.1) is 0 Å². The molecule has 1 aromatic heterocycles. The van der Waals surface area contributed by atoms with Gasteiger partial charge < -0.3 is 36.2 Å². The third-order valence-electron chi connectivity index (χ3n) is 7.03. The van der Waals surface area contributed by atoms with Crippen LogP contribution in [0.3, 0.4) is 0 Å². The van der Waals surface area contributed by atoms with Crippen molar-refractivity contribution in [2.45, 2.75) is 51.2 Å². The van der Waals surface area contributed by atoms with Gasteiger partial charge in [-0.3, -0.25) is 4.79 Å². The van der Waals surface area contributed by atoms with Crippen molar-refractivity contribution < 1.29 is 23.1 Å². The van der Waals surface area contributed by atoms with E-state index in [0.29, 0.717) is 22.7 Å². The SMILES string of the molecule is CCCCN1CCNc2c(-c3ncco3)cc(C(=O)NC(Cc3cc(F)cc(F)c3)C(O)CC/C(N)=C/C=N)cc21. The Morgan fingerprint density at radius 1 is 1.29 bits per heavy atom. The number of benzene rings is 2. The highest BCUT2D eigenvalue weighted by molar-refractivity contribution is 6.00. The number of allylic oxidation sites excluding steroid dienone is 2. The lowest BCUT2D eigenvalue weighted by molar-refractivity contribution is 0.0815. The van der Waals surface area contributed by atoms with Gasteiger partial charge in [-0.1, -0.05) is 13.3 Å². The molecule has 2 atom stereocenters. The molecule has 0 spiro atoms. The van der Waals surface area contributed by atoms with Crippen LogP contribution in [0.4, 0.5) is 20.2 Å². The van der Waals surface area contributed by atoms with Gasteiger partial charge in [0.05, 0.1) is 35.3 Å². The Balaban J connectivity index is 1.66. The standard InChI is InChI=1S/C30H36F2N6O3/c1-2-3-10-38-11-8-35-28-24(30-36-9-12-41-30)16-20(17-26(28)38)29(40)37-25(27(39)5-4-23(34)6-7-33)15-19-13-21(31)18-22(32)14-19/h6-7,9,12-14,16-18,25,27,33,35,39H,2-5,8,10-11,15,34H2,1H3,(H,37,40)/b23-6-,33-7?. The molecule has 1 amide bonds. The van der Waals surface area contributed by atoms with Gasteiger partial charge in [-0.2, -0.15) is 0 Å². The van der Waals surface area contributed by atoms with Crippen LogP contribution in [-0.2, 0) is 6.42 Å². The summed E-state index contributed by atoms with van der Waals surface area (Å²) in [5, 5.41) is 24.5. The fourth-order valence-corrected chi connectivity index (χ4v) is 4.96. The van der Waals surface area contributed by atoms with Gasteiger partial charge in [0.25, 0.3) is 5.91 Å². The molecule has 0 fully saturated rings. The normalized spacial score (nSPS) is 14.6. The van der Waals surface area contributed by atoms with Crippen LogP contribution >= 0.6 is 0 Å². The van der Waals surface area contributed by atoms with Gasteiger partial charge in [-0.05, 0) is 61.6 Å². The molecule has 1 aliphatic rings. The first-order chi connectivity index (χ1) is 19.8. The predicted molar refractivity (Wildman–Crippen MR) is 155 cm³/mol. The average Bonchev–Trinajstić information content (AvgIpc) is 3.48. The number of fused-ring (bicyclic) bond motifs is 1. The van der Waals surface area contributed by atoms with E-state index >= 15 is 0 Å². The lowest BCUT2D eigenvalue weighted by Gasteiger charge is -2.33. The van der Waals surface area contributed by atoms with Crippen molar-refractivity contribution in [3.8, 4) is 11.5 Å². The summed E-state index contributed by atoms with van der Waals surface area (Å²) in [5.41, 5.74) is 9.19. The minimum Gasteiger partial charge on any atom is -0.444 e. The zero-order valence-corrected chi connectivity index (χ0v) is 23.0. The molecule has 2 heterocycles. The van der Waals surface area contributed by atoms with Crippen LogP contribution < -0.4 is 21.3 Å². The van der Waals surface area contributed by atoms with Crippen molar-refractivity contribution in [2.24, 2.45) is 5.73 Å². The first-order valence-corrected chi connectivity index (χ1v) is 13.7. The number of aliphatic hydroxyl groups excluding tert-OH is 1. The first-order valence-electron chi connectivity index (χ1n) is 13.7. The number of carbonyl (C=O) groups excluding carboxylic acids is 1. The quantitative estimate of drug-likeness (QED) is 0.190. The number of nitrogens with zero attached hydrogens (tertiary/aromatic N) is 2. The Morgan fingerprint density at radius 2 is 2.07 bits per heavy atom. The van der Waals surface area contributed by atoms with Crippen molar-refractivity contribution in [3.63, 3.8) is 0 Å². The average molecular weight is 567 g/mol. The number of nitrogens with two attached hydrogens (primary N) is 1. The molecule has 41 heavy (non-hydrogen) atoms. The molecule has 0 saturated carbocycles.